The maximum absolute atomic E-state index is 5.11. The zero-order chi connectivity index (χ0) is 38.6. The number of allylic oxidation sites excluding steroid dienone is 4. The molecule has 0 unspecified atom stereocenters. The smallest absolute Gasteiger partial charge is 0.164 e. The molecule has 11 rings (SSSR count). The Balaban J connectivity index is 0.975. The molecule has 0 N–H and O–H groups in total. The number of nitrogens with zero attached hydrogens (tertiary/aromatic N) is 6. The predicted molar refractivity (Wildman–Crippen MR) is 237 cm³/mol. The molecule has 6 heteroatoms. The van der Waals surface area contributed by atoms with Crippen LogP contribution in [0.4, 0.5) is 0 Å². The summed E-state index contributed by atoms with van der Waals surface area (Å²) < 4.78 is 0. The molecule has 0 atom stereocenters. The van der Waals surface area contributed by atoms with Crippen molar-refractivity contribution in [2.45, 2.75) is 0 Å². The standard InChI is InChI=1S/C52H32N6/c1-32-31-42(26-18-36-17-19-37-9-5-29-53-47(37)46(32)36)33-13-22-40(23-14-33)50-56-51(58-52(57-50)44-12-4-8-34-7-2-3-11-43(34)44)41-24-15-35(16-25-41)45-28-27-39-21-20-38-10-6-30-54-48(38)49(39)55-45/h2-31H,1H2. The van der Waals surface area contributed by atoms with E-state index in [0.29, 0.717) is 17.5 Å². The zero-order valence-electron chi connectivity index (χ0n) is 31.2. The Bertz CT molecular complexity index is 3340. The third-order valence-corrected chi connectivity index (χ3v) is 10.9. The lowest BCUT2D eigenvalue weighted by molar-refractivity contribution is 1.08. The van der Waals surface area contributed by atoms with E-state index in [-0.39, 0.29) is 0 Å². The van der Waals surface area contributed by atoms with Gasteiger partial charge in [0.15, 0.2) is 17.5 Å². The van der Waals surface area contributed by atoms with Gasteiger partial charge >= 0.3 is 0 Å². The first-order chi connectivity index (χ1) is 28.6. The van der Waals surface area contributed by atoms with Crippen LogP contribution in [-0.4, -0.2) is 29.9 Å². The van der Waals surface area contributed by atoms with Gasteiger partial charge in [0.1, 0.15) is 0 Å². The van der Waals surface area contributed by atoms with Crippen molar-refractivity contribution in [3.8, 4) is 45.4 Å². The van der Waals surface area contributed by atoms with Gasteiger partial charge in [-0.25, -0.2) is 19.9 Å². The van der Waals surface area contributed by atoms with Crippen LogP contribution in [0.1, 0.15) is 16.7 Å². The van der Waals surface area contributed by atoms with Crippen LogP contribution in [0.15, 0.2) is 183 Å². The van der Waals surface area contributed by atoms with Crippen LogP contribution in [0, 0.1) is 0 Å². The van der Waals surface area contributed by atoms with Crippen LogP contribution in [0.5, 0.6) is 0 Å². The van der Waals surface area contributed by atoms with Crippen LogP contribution in [0.3, 0.4) is 0 Å². The molecule has 0 amide bonds. The fourth-order valence-electron chi connectivity index (χ4n) is 7.97. The number of rotatable bonds is 5. The number of pyridine rings is 3. The minimum atomic E-state index is 0.592. The van der Waals surface area contributed by atoms with Crippen molar-refractivity contribution in [1.82, 2.24) is 29.9 Å². The van der Waals surface area contributed by atoms with Gasteiger partial charge in [0.05, 0.1) is 22.2 Å². The zero-order valence-corrected chi connectivity index (χ0v) is 31.2. The highest BCUT2D eigenvalue weighted by Crippen LogP contribution is 2.36. The summed E-state index contributed by atoms with van der Waals surface area (Å²) in [5, 5.41) is 5.43. The van der Waals surface area contributed by atoms with E-state index in [9.17, 15) is 0 Å². The van der Waals surface area contributed by atoms with Gasteiger partial charge in [0, 0.05) is 56.4 Å². The van der Waals surface area contributed by atoms with Crippen LogP contribution in [0.25, 0.3) is 106 Å². The Hall–Kier alpha value is -7.96. The lowest BCUT2D eigenvalue weighted by Crippen LogP contribution is -2.00. The lowest BCUT2D eigenvalue weighted by Gasteiger charge is -2.11. The van der Waals surface area contributed by atoms with Crippen molar-refractivity contribution in [3.63, 3.8) is 0 Å². The summed E-state index contributed by atoms with van der Waals surface area (Å²) in [6, 6.07) is 52.0. The first kappa shape index (κ1) is 33.4. The Morgan fingerprint density at radius 3 is 1.76 bits per heavy atom. The summed E-state index contributed by atoms with van der Waals surface area (Å²) in [5.41, 5.74) is 12.6. The van der Waals surface area contributed by atoms with Gasteiger partial charge in [-0.1, -0.05) is 152 Å². The topological polar surface area (TPSA) is 77.3 Å². The molecule has 1 aliphatic rings. The summed E-state index contributed by atoms with van der Waals surface area (Å²) in [7, 11) is 0. The van der Waals surface area contributed by atoms with E-state index >= 15 is 0 Å². The molecule has 0 spiro atoms. The molecule has 0 radical (unpaired) electrons. The molecule has 4 aromatic heterocycles. The molecule has 0 aliphatic heterocycles. The van der Waals surface area contributed by atoms with Crippen LogP contribution >= 0.6 is 0 Å². The van der Waals surface area contributed by atoms with E-state index in [0.717, 1.165) is 99.3 Å². The van der Waals surface area contributed by atoms with Gasteiger partial charge in [-0.3, -0.25) is 9.97 Å². The van der Waals surface area contributed by atoms with Gasteiger partial charge in [-0.15, -0.1) is 0 Å². The molecule has 0 bridgehead atoms. The summed E-state index contributed by atoms with van der Waals surface area (Å²) >= 11 is 0. The van der Waals surface area contributed by atoms with Crippen molar-refractivity contribution in [2.24, 2.45) is 0 Å². The van der Waals surface area contributed by atoms with Crippen LogP contribution < -0.4 is 0 Å². The van der Waals surface area contributed by atoms with E-state index < -0.39 is 0 Å². The summed E-state index contributed by atoms with van der Waals surface area (Å²) in [6.45, 7) is 4.46. The first-order valence-corrected chi connectivity index (χ1v) is 19.2. The molecule has 270 valence electrons. The first-order valence-electron chi connectivity index (χ1n) is 19.2. The van der Waals surface area contributed by atoms with Gasteiger partial charge in [0.25, 0.3) is 0 Å². The highest BCUT2D eigenvalue weighted by Gasteiger charge is 2.17. The van der Waals surface area contributed by atoms with Crippen LogP contribution in [0.2, 0.25) is 0 Å². The van der Waals surface area contributed by atoms with Crippen molar-refractivity contribution in [1.29, 1.82) is 0 Å². The SMILES string of the molecule is C=C1C=C(c2ccc(-c3nc(-c4ccc(-c5ccc6ccc7cccnc7c6n5)cc4)nc(-c4cccc5ccccc45)n3)cc2)C=Cc2ccc3cccnc3c21. The second-order valence-electron chi connectivity index (χ2n) is 14.5. The highest BCUT2D eigenvalue weighted by atomic mass is 15.0. The minimum absolute atomic E-state index is 0.592. The average Bonchev–Trinajstić information content (AvgIpc) is 3.47. The predicted octanol–water partition coefficient (Wildman–Crippen LogP) is 12.5. The number of aromatic nitrogens is 6. The molecule has 4 heterocycles. The third-order valence-electron chi connectivity index (χ3n) is 10.9. The number of benzene rings is 6. The molecule has 6 aromatic carbocycles. The summed E-state index contributed by atoms with van der Waals surface area (Å²) in [5.74, 6) is 1.80. The molecule has 0 saturated heterocycles. The Morgan fingerprint density at radius 1 is 0.397 bits per heavy atom. The molecule has 0 saturated carbocycles. The third kappa shape index (κ3) is 5.83. The van der Waals surface area contributed by atoms with Gasteiger partial charge in [-0.05, 0) is 57.3 Å². The lowest BCUT2D eigenvalue weighted by atomic mass is 9.97. The summed E-state index contributed by atoms with van der Waals surface area (Å²) in [6.07, 6.45) is 10.1. The second-order valence-corrected chi connectivity index (χ2v) is 14.5. The van der Waals surface area contributed by atoms with Crippen molar-refractivity contribution < 1.29 is 0 Å². The number of hydrogen-bond donors (Lipinski definition) is 0. The van der Waals surface area contributed by atoms with Crippen molar-refractivity contribution in [2.75, 3.05) is 0 Å². The molecular weight excluding hydrogens is 709 g/mol. The van der Waals surface area contributed by atoms with Gasteiger partial charge in [0.2, 0.25) is 0 Å². The normalized spacial score (nSPS) is 12.6. The van der Waals surface area contributed by atoms with Crippen molar-refractivity contribution >= 4 is 60.7 Å². The van der Waals surface area contributed by atoms with E-state index in [2.05, 4.69) is 169 Å². The number of hydrogen-bond acceptors (Lipinski definition) is 6. The van der Waals surface area contributed by atoms with E-state index in [1.54, 1.807) is 0 Å². The van der Waals surface area contributed by atoms with E-state index in [4.69, 9.17) is 24.9 Å². The molecule has 6 nitrogen and oxygen atoms in total. The van der Waals surface area contributed by atoms with E-state index in [1.165, 1.54) is 0 Å². The maximum Gasteiger partial charge on any atom is 0.164 e. The van der Waals surface area contributed by atoms with Crippen LogP contribution in [-0.2, 0) is 0 Å². The quantitative estimate of drug-likeness (QED) is 0.164. The Kier molecular flexibility index (Phi) is 7.86. The van der Waals surface area contributed by atoms with Gasteiger partial charge < -0.3 is 0 Å². The Morgan fingerprint density at radius 2 is 0.983 bits per heavy atom. The maximum atomic E-state index is 5.11. The molecule has 0 fully saturated rings. The Labute approximate surface area is 334 Å². The van der Waals surface area contributed by atoms with Gasteiger partial charge in [-0.2, -0.15) is 0 Å². The van der Waals surface area contributed by atoms with E-state index in [1.807, 2.05) is 24.5 Å². The average molecular weight is 741 g/mol. The summed E-state index contributed by atoms with van der Waals surface area (Å²) in [4.78, 5) is 29.7. The fourth-order valence-corrected chi connectivity index (χ4v) is 7.97. The second kappa shape index (κ2) is 13.7. The largest absolute Gasteiger partial charge is 0.256 e. The molecule has 58 heavy (non-hydrogen) atoms. The molecule has 1 aliphatic carbocycles. The monoisotopic (exact) mass is 740 g/mol. The molecule has 10 aromatic rings. The van der Waals surface area contributed by atoms with Crippen molar-refractivity contribution in [3.05, 3.63) is 199 Å². The fraction of sp³-hybridized carbons (Fsp3) is 0. The highest BCUT2D eigenvalue weighted by molar-refractivity contribution is 6.04. The minimum Gasteiger partial charge on any atom is -0.256 e. The number of fused-ring (bicyclic) bond motifs is 7. The molecular formula is C52H32N6.